The van der Waals surface area contributed by atoms with E-state index < -0.39 is 11.4 Å². The molecule has 0 bridgehead atoms. The molecule has 10 nitrogen and oxygen atoms in total. The highest BCUT2D eigenvalue weighted by Gasteiger charge is 2.39. The fourth-order valence-corrected chi connectivity index (χ4v) is 6.63. The van der Waals surface area contributed by atoms with Gasteiger partial charge in [-0.2, -0.15) is 0 Å². The number of benzene rings is 2. The zero-order valence-electron chi connectivity index (χ0n) is 26.1. The maximum atomic E-state index is 13.5. The first kappa shape index (κ1) is 32.6. The number of nitrogens with zero attached hydrogens (tertiary/aromatic N) is 2. The van der Waals surface area contributed by atoms with Gasteiger partial charge in [0.1, 0.15) is 5.82 Å². The fourth-order valence-electron chi connectivity index (χ4n) is 6.63. The Morgan fingerprint density at radius 1 is 0.889 bits per heavy atom. The van der Waals surface area contributed by atoms with Crippen molar-refractivity contribution in [2.24, 2.45) is 0 Å². The summed E-state index contributed by atoms with van der Waals surface area (Å²) in [6.07, 6.45) is 4.19. The Balaban J connectivity index is 1.29. The predicted molar refractivity (Wildman–Crippen MR) is 169 cm³/mol. The Morgan fingerprint density at radius 3 is 2.29 bits per heavy atom. The third-order valence-corrected chi connectivity index (χ3v) is 9.39. The Hall–Kier alpha value is -3.83. The van der Waals surface area contributed by atoms with Crippen LogP contribution >= 0.6 is 0 Å². The van der Waals surface area contributed by atoms with Gasteiger partial charge in [-0.15, -0.1) is 0 Å². The number of carbonyl (C=O) groups excluding carboxylic acids is 4. The zero-order valence-corrected chi connectivity index (χ0v) is 26.1. The SMILES string of the molecule is CN1CCC(N[C@H]2CCCNC(=O)CC3(CCN(C(=O)c4ccc(F)cc4)CC3)NC(=O)Cc3ccccc3CNC2=O)CC1. The minimum absolute atomic E-state index is 0.0764. The van der Waals surface area contributed by atoms with E-state index in [1.54, 1.807) is 4.90 Å². The number of fused-ring (bicyclic) bond motifs is 1. The van der Waals surface area contributed by atoms with E-state index in [0.717, 1.165) is 37.1 Å². The van der Waals surface area contributed by atoms with E-state index in [0.29, 0.717) is 57.4 Å². The molecular formula is C34H45FN6O4. The molecule has 0 aromatic heterocycles. The first-order valence-corrected chi connectivity index (χ1v) is 16.1. The van der Waals surface area contributed by atoms with E-state index >= 15 is 0 Å². The van der Waals surface area contributed by atoms with E-state index in [2.05, 4.69) is 33.2 Å². The topological polar surface area (TPSA) is 123 Å². The van der Waals surface area contributed by atoms with E-state index in [9.17, 15) is 23.6 Å². The Kier molecular flexibility index (Phi) is 10.8. The molecule has 45 heavy (non-hydrogen) atoms. The van der Waals surface area contributed by atoms with Crippen LogP contribution in [0.2, 0.25) is 0 Å². The number of piperidine rings is 2. The van der Waals surface area contributed by atoms with Gasteiger partial charge < -0.3 is 31.1 Å². The molecule has 0 aliphatic carbocycles. The summed E-state index contributed by atoms with van der Waals surface area (Å²) in [6.45, 7) is 3.41. The van der Waals surface area contributed by atoms with Gasteiger partial charge >= 0.3 is 0 Å². The number of likely N-dealkylation sites (tertiary alicyclic amines) is 2. The van der Waals surface area contributed by atoms with E-state index in [4.69, 9.17) is 0 Å². The number of amides is 4. The molecule has 1 spiro atoms. The molecule has 2 aromatic carbocycles. The monoisotopic (exact) mass is 620 g/mol. The Labute approximate surface area is 264 Å². The second kappa shape index (κ2) is 15.0. The van der Waals surface area contributed by atoms with Gasteiger partial charge in [-0.3, -0.25) is 19.2 Å². The summed E-state index contributed by atoms with van der Waals surface area (Å²) in [6, 6.07) is 12.9. The molecule has 4 amide bonds. The predicted octanol–water partition coefficient (Wildman–Crippen LogP) is 2.13. The maximum absolute atomic E-state index is 13.5. The summed E-state index contributed by atoms with van der Waals surface area (Å²) in [5.41, 5.74) is 1.28. The van der Waals surface area contributed by atoms with E-state index in [1.165, 1.54) is 24.3 Å². The van der Waals surface area contributed by atoms with Crippen LogP contribution < -0.4 is 21.3 Å². The molecule has 2 aromatic rings. The molecule has 0 unspecified atom stereocenters. The van der Waals surface area contributed by atoms with Crippen molar-refractivity contribution in [3.05, 3.63) is 71.0 Å². The number of nitrogens with one attached hydrogen (secondary N) is 4. The molecule has 3 aliphatic heterocycles. The van der Waals surface area contributed by atoms with Crippen LogP contribution in [-0.4, -0.2) is 90.8 Å². The van der Waals surface area contributed by atoms with Crippen molar-refractivity contribution < 1.29 is 23.6 Å². The van der Waals surface area contributed by atoms with Crippen molar-refractivity contribution in [1.29, 1.82) is 0 Å². The minimum atomic E-state index is -0.806. The smallest absolute Gasteiger partial charge is 0.253 e. The average Bonchev–Trinajstić information content (AvgIpc) is 3.03. The number of carbonyl (C=O) groups is 4. The molecule has 2 fully saturated rings. The lowest BCUT2D eigenvalue weighted by molar-refractivity contribution is -0.126. The highest BCUT2D eigenvalue weighted by Crippen LogP contribution is 2.28. The van der Waals surface area contributed by atoms with Crippen molar-refractivity contribution in [3.63, 3.8) is 0 Å². The number of rotatable bonds is 3. The van der Waals surface area contributed by atoms with E-state index in [-0.39, 0.29) is 48.6 Å². The fraction of sp³-hybridized carbons (Fsp3) is 0.529. The largest absolute Gasteiger partial charge is 0.356 e. The van der Waals surface area contributed by atoms with Crippen LogP contribution in [0.4, 0.5) is 4.39 Å². The zero-order chi connectivity index (χ0) is 31.8. The van der Waals surface area contributed by atoms with Crippen molar-refractivity contribution in [3.8, 4) is 0 Å². The quantitative estimate of drug-likeness (QED) is 0.417. The third kappa shape index (κ3) is 8.88. The van der Waals surface area contributed by atoms with Crippen LogP contribution in [-0.2, 0) is 27.3 Å². The summed E-state index contributed by atoms with van der Waals surface area (Å²) in [5.74, 6) is -1.07. The lowest BCUT2D eigenvalue weighted by Gasteiger charge is -2.42. The molecule has 242 valence electrons. The highest BCUT2D eigenvalue weighted by molar-refractivity contribution is 5.94. The summed E-state index contributed by atoms with van der Waals surface area (Å²) < 4.78 is 13.4. The lowest BCUT2D eigenvalue weighted by atomic mass is 9.83. The lowest BCUT2D eigenvalue weighted by Crippen LogP contribution is -2.58. The van der Waals surface area contributed by atoms with Crippen molar-refractivity contribution in [1.82, 2.24) is 31.1 Å². The second-order valence-corrected chi connectivity index (χ2v) is 12.8. The third-order valence-electron chi connectivity index (χ3n) is 9.39. The van der Waals surface area contributed by atoms with Gasteiger partial charge in [0.05, 0.1) is 18.0 Å². The van der Waals surface area contributed by atoms with Gasteiger partial charge in [-0.25, -0.2) is 4.39 Å². The molecule has 0 saturated carbocycles. The number of hydrogen-bond acceptors (Lipinski definition) is 6. The van der Waals surface area contributed by atoms with Gasteiger partial charge in [0, 0.05) is 44.2 Å². The Bertz CT molecular complexity index is 1350. The van der Waals surface area contributed by atoms with Crippen molar-refractivity contribution in [2.75, 3.05) is 39.8 Å². The Morgan fingerprint density at radius 2 is 1.58 bits per heavy atom. The molecule has 2 saturated heterocycles. The van der Waals surface area contributed by atoms with Crippen LogP contribution in [0.15, 0.2) is 48.5 Å². The first-order valence-electron chi connectivity index (χ1n) is 16.1. The molecule has 11 heteroatoms. The molecular weight excluding hydrogens is 575 g/mol. The molecule has 0 radical (unpaired) electrons. The molecule has 1 atom stereocenters. The van der Waals surface area contributed by atoms with Gasteiger partial charge in [-0.05, 0) is 94.1 Å². The molecule has 4 N–H and O–H groups in total. The van der Waals surface area contributed by atoms with Crippen molar-refractivity contribution in [2.45, 2.75) is 75.5 Å². The summed E-state index contributed by atoms with van der Waals surface area (Å²) >= 11 is 0. The second-order valence-electron chi connectivity index (χ2n) is 12.8. The number of halogens is 1. The van der Waals surface area contributed by atoms with Gasteiger partial charge in [0.2, 0.25) is 17.7 Å². The summed E-state index contributed by atoms with van der Waals surface area (Å²) in [5, 5.41) is 12.8. The van der Waals surface area contributed by atoms with Crippen LogP contribution in [0, 0.1) is 5.82 Å². The van der Waals surface area contributed by atoms with Crippen LogP contribution in [0.3, 0.4) is 0 Å². The summed E-state index contributed by atoms with van der Waals surface area (Å²) in [7, 11) is 2.11. The molecule has 3 heterocycles. The van der Waals surface area contributed by atoms with Gasteiger partial charge in [0.15, 0.2) is 0 Å². The molecule has 5 rings (SSSR count). The standard InChI is InChI=1S/C34H45FN6O4/c1-40-17-12-28(13-18-40)38-29-7-4-16-36-31(43)22-34(14-19-41(20-15-34)33(45)24-8-10-27(35)11-9-24)39-30(42)21-25-5-2-3-6-26(25)23-37-32(29)44/h2-3,5-6,8-11,28-29,38H,4,7,12-23H2,1H3,(H,36,43)(H,37,44)(H,39,42)/t29-/m0/s1. The maximum Gasteiger partial charge on any atom is 0.253 e. The minimum Gasteiger partial charge on any atom is -0.356 e. The van der Waals surface area contributed by atoms with Gasteiger partial charge in [0.25, 0.3) is 5.91 Å². The summed E-state index contributed by atoms with van der Waals surface area (Å²) in [4.78, 5) is 57.2. The van der Waals surface area contributed by atoms with Crippen LogP contribution in [0.1, 0.15) is 66.4 Å². The average molecular weight is 621 g/mol. The highest BCUT2D eigenvalue weighted by atomic mass is 19.1. The molecule has 3 aliphatic rings. The normalized spacial score (nSPS) is 22.7. The first-order chi connectivity index (χ1) is 21.7. The van der Waals surface area contributed by atoms with Gasteiger partial charge in [-0.1, -0.05) is 24.3 Å². The van der Waals surface area contributed by atoms with Crippen LogP contribution in [0.5, 0.6) is 0 Å². The number of hydrogen-bond donors (Lipinski definition) is 4. The van der Waals surface area contributed by atoms with Crippen LogP contribution in [0.25, 0.3) is 0 Å². The van der Waals surface area contributed by atoms with Crippen molar-refractivity contribution >= 4 is 23.6 Å². The van der Waals surface area contributed by atoms with E-state index in [1.807, 2.05) is 24.3 Å².